The van der Waals surface area contributed by atoms with Crippen LogP contribution in [0.2, 0.25) is 0 Å². The zero-order valence-electron chi connectivity index (χ0n) is 63.4. The van der Waals surface area contributed by atoms with E-state index < -0.39 is 0 Å². The summed E-state index contributed by atoms with van der Waals surface area (Å²) >= 11 is 1.74. The van der Waals surface area contributed by atoms with Crippen LogP contribution >= 0.6 is 11.3 Å². The number of aromatic amines is 5. The number of carbonyl (C=O) groups is 4. The third-order valence-electron chi connectivity index (χ3n) is 23.4. The Bertz CT molecular complexity index is 5690. The largest absolute Gasteiger partial charge is 0.472 e. The molecule has 4 aliphatic rings. The highest BCUT2D eigenvalue weighted by atomic mass is 32.1. The SMILES string of the molecule is C.Cc1ccc2c3c([nH]c2c1)C(C)(C)c1cc(-c2cccs2)c(C)cc1C3=O.Cc1ccc2c3c([nH]c2c1)C(C)(C)c1cc(-c2ccoc2)c(C)cc1C3=O.Cc1ccc2c3c([nH]c2c1)C(C)(C)c1cc(-c2cn[nH]n2)c(C)cc1C3=O.Cc1ccc2c3c([nH]c2c1)C(C)(C)c1cc(-c2cnoc2)c(C)cc1C3=O. The van der Waals surface area contributed by atoms with Gasteiger partial charge in [0.25, 0.3) is 0 Å². The quantitative estimate of drug-likeness (QED) is 0.113. The Kier molecular flexibility index (Phi) is 16.7. The Hall–Kier alpha value is -12.1. The molecule has 8 aromatic carbocycles. The van der Waals surface area contributed by atoms with Gasteiger partial charge in [0.15, 0.2) is 23.1 Å². The summed E-state index contributed by atoms with van der Waals surface area (Å²) in [6, 6.07) is 47.9. The molecule has 0 radical (unpaired) electrons. The molecule has 16 aromatic rings. The van der Waals surface area contributed by atoms with Gasteiger partial charge in [0.1, 0.15) is 12.0 Å². The molecule has 0 saturated carbocycles. The number of nitrogens with one attached hydrogen (secondary N) is 5. The van der Waals surface area contributed by atoms with Gasteiger partial charge in [-0.3, -0.25) is 19.2 Å². The van der Waals surface area contributed by atoms with E-state index in [1.807, 2.05) is 38.1 Å². The molecule has 544 valence electrons. The molecule has 0 spiro atoms. The van der Waals surface area contributed by atoms with E-state index in [4.69, 9.17) is 8.94 Å². The lowest BCUT2D eigenvalue weighted by molar-refractivity contribution is 0.102. The lowest BCUT2D eigenvalue weighted by Gasteiger charge is -2.33. The van der Waals surface area contributed by atoms with Crippen molar-refractivity contribution in [2.24, 2.45) is 0 Å². The van der Waals surface area contributed by atoms with Gasteiger partial charge in [-0.05, 0) is 229 Å². The summed E-state index contributed by atoms with van der Waals surface area (Å²) in [7, 11) is 0. The van der Waals surface area contributed by atoms with Gasteiger partial charge in [0, 0.05) is 132 Å². The van der Waals surface area contributed by atoms with Crippen molar-refractivity contribution >= 4 is 78.1 Å². The standard InChI is InChI=1S/C24H21NO2.C24H21NOS.C23H20N2O2.C22H20N4O.CH4/c1-13-5-6-16-20(9-13)25-23-21(16)22(26)18-10-14(2)17(15-7-8-27-12-15)11-19(18)24(23,3)4;1-13-7-8-15-19(10-13)25-23-21(15)22(26)17-11-14(2)16(20-6-5-9-27-20)12-18(17)24(23,3)4;1-12-5-6-15-19(7-12)25-22-20(15)21(26)17-8-13(2)16(14-10-24-27-11-14)9-18(17)23(22,3)4;1-11-5-6-13-17(7-11)24-21-19(13)20(27)15-8-12(2)14(18-10-23-26-25-18)9-16(15)22(21,3)4;/h2*5-12,25H,1-4H3;5-11,25H,1-4H3;5-10,24H,1-4H3,(H,23,25,26);1H4. The van der Waals surface area contributed by atoms with E-state index in [0.717, 1.165) is 189 Å². The van der Waals surface area contributed by atoms with E-state index >= 15 is 0 Å². The van der Waals surface area contributed by atoms with Crippen LogP contribution in [-0.4, -0.2) is 63.6 Å². The summed E-state index contributed by atoms with van der Waals surface area (Å²) in [4.78, 5) is 69.3. The summed E-state index contributed by atoms with van der Waals surface area (Å²) < 4.78 is 10.3. The maximum atomic E-state index is 13.5. The minimum absolute atomic E-state index is 0. The minimum Gasteiger partial charge on any atom is -0.472 e. The highest BCUT2D eigenvalue weighted by molar-refractivity contribution is 7.13. The molecule has 0 fully saturated rings. The molecule has 109 heavy (non-hydrogen) atoms. The topological polar surface area (TPSA) is 212 Å². The van der Waals surface area contributed by atoms with Gasteiger partial charge < -0.3 is 28.9 Å². The van der Waals surface area contributed by atoms with Crippen LogP contribution < -0.4 is 0 Å². The third-order valence-corrected chi connectivity index (χ3v) is 24.3. The van der Waals surface area contributed by atoms with E-state index in [-0.39, 0.29) is 52.2 Å². The number of rotatable bonds is 4. The van der Waals surface area contributed by atoms with Crippen LogP contribution in [0.25, 0.3) is 87.6 Å². The summed E-state index contributed by atoms with van der Waals surface area (Å²) in [5, 5.41) is 20.8. The van der Waals surface area contributed by atoms with Gasteiger partial charge in [-0.1, -0.05) is 123 Å². The molecule has 0 saturated heterocycles. The van der Waals surface area contributed by atoms with Crippen molar-refractivity contribution in [3.8, 4) is 44.0 Å². The molecule has 0 unspecified atom stereocenters. The first-order valence-electron chi connectivity index (χ1n) is 36.6. The average molecular weight is 1460 g/mol. The number of ketones is 4. The highest BCUT2D eigenvalue weighted by Gasteiger charge is 2.45. The van der Waals surface area contributed by atoms with E-state index in [9.17, 15) is 19.2 Å². The Balaban J connectivity index is 0.000000110. The molecule has 0 amide bonds. The molecule has 0 aliphatic heterocycles. The average Bonchev–Trinajstić information content (AvgIpc) is 1.64. The number of hydrogen-bond acceptors (Lipinski definition) is 10. The molecule has 15 heteroatoms. The van der Waals surface area contributed by atoms with Crippen molar-refractivity contribution in [3.63, 3.8) is 0 Å². The highest BCUT2D eigenvalue weighted by Crippen LogP contribution is 2.51. The number of nitrogens with zero attached hydrogens (tertiary/aromatic N) is 3. The number of hydrogen-bond donors (Lipinski definition) is 5. The molecular weight excluding hydrogens is 1370 g/mol. The Labute approximate surface area is 636 Å². The number of furan rings is 1. The maximum Gasteiger partial charge on any atom is 0.195 e. The van der Waals surface area contributed by atoms with Crippen LogP contribution in [0.5, 0.6) is 0 Å². The van der Waals surface area contributed by atoms with Gasteiger partial charge in [-0.2, -0.15) is 15.4 Å². The van der Waals surface area contributed by atoms with E-state index in [2.05, 4.69) is 258 Å². The fraction of sp³-hybridized carbons (Fsp3) is 0.223. The lowest BCUT2D eigenvalue weighted by atomic mass is 9.70. The number of benzene rings is 8. The number of H-pyrrole nitrogens is 5. The number of fused-ring (bicyclic) bond motifs is 16. The van der Waals surface area contributed by atoms with E-state index in [0.29, 0.717) is 0 Å². The molecule has 8 aromatic heterocycles. The van der Waals surface area contributed by atoms with Gasteiger partial charge >= 0.3 is 0 Å². The molecule has 14 nitrogen and oxygen atoms in total. The van der Waals surface area contributed by atoms with Crippen molar-refractivity contribution in [3.05, 3.63) is 310 Å². The molecule has 20 rings (SSSR count). The molecule has 0 atom stereocenters. The fourth-order valence-corrected chi connectivity index (χ4v) is 18.3. The zero-order chi connectivity index (χ0) is 75.7. The first-order chi connectivity index (χ1) is 51.5. The van der Waals surface area contributed by atoms with E-state index in [1.54, 1.807) is 42.5 Å². The monoisotopic (exact) mass is 1450 g/mol. The van der Waals surface area contributed by atoms with Crippen molar-refractivity contribution in [2.45, 2.75) is 140 Å². The Morgan fingerprint density at radius 2 is 0.734 bits per heavy atom. The van der Waals surface area contributed by atoms with Crippen molar-refractivity contribution in [1.29, 1.82) is 0 Å². The van der Waals surface area contributed by atoms with E-state index in [1.165, 1.54) is 32.7 Å². The summed E-state index contributed by atoms with van der Waals surface area (Å²) in [6.45, 7) is 34.0. The smallest absolute Gasteiger partial charge is 0.195 e. The van der Waals surface area contributed by atoms with Crippen LogP contribution in [0.1, 0.15) is 216 Å². The maximum absolute atomic E-state index is 13.5. The predicted octanol–water partition coefficient (Wildman–Crippen LogP) is 22.7. The van der Waals surface area contributed by atoms with Crippen molar-refractivity contribution in [2.75, 3.05) is 0 Å². The second-order valence-electron chi connectivity index (χ2n) is 32.1. The first-order valence-corrected chi connectivity index (χ1v) is 37.5. The van der Waals surface area contributed by atoms with Crippen LogP contribution in [0.4, 0.5) is 0 Å². The summed E-state index contributed by atoms with van der Waals surface area (Å²) in [5.74, 6) is 0.421. The summed E-state index contributed by atoms with van der Waals surface area (Å²) in [6.07, 6.45) is 8.50. The molecular formula is C94H86N8O6S. The number of aromatic nitrogens is 8. The molecule has 4 aliphatic carbocycles. The van der Waals surface area contributed by atoms with Crippen LogP contribution in [0.15, 0.2) is 185 Å². The normalized spacial score (nSPS) is 14.9. The third kappa shape index (κ3) is 11.1. The van der Waals surface area contributed by atoms with Crippen LogP contribution in [0.3, 0.4) is 0 Å². The number of thiophene rings is 1. The second kappa shape index (κ2) is 25.6. The Morgan fingerprint density at radius 1 is 0.376 bits per heavy atom. The zero-order valence-corrected chi connectivity index (χ0v) is 64.3. The van der Waals surface area contributed by atoms with Gasteiger partial charge in [-0.15, -0.1) is 11.3 Å². The van der Waals surface area contributed by atoms with Crippen LogP contribution in [-0.2, 0) is 21.7 Å². The molecule has 0 bridgehead atoms. The predicted molar refractivity (Wildman–Crippen MR) is 438 cm³/mol. The fourth-order valence-electron chi connectivity index (χ4n) is 17.5. The Morgan fingerprint density at radius 3 is 1.06 bits per heavy atom. The molecule has 8 heterocycles. The van der Waals surface area contributed by atoms with Crippen molar-refractivity contribution < 1.29 is 28.1 Å². The van der Waals surface area contributed by atoms with Crippen LogP contribution in [0, 0.1) is 55.4 Å². The van der Waals surface area contributed by atoms with Gasteiger partial charge in [-0.25, -0.2) is 0 Å². The lowest BCUT2D eigenvalue weighted by Crippen LogP contribution is -2.30. The first kappa shape index (κ1) is 71.2. The van der Waals surface area contributed by atoms with Gasteiger partial charge in [0.05, 0.1) is 47.2 Å². The molecule has 5 N–H and O–H groups in total. The summed E-state index contributed by atoms with van der Waals surface area (Å²) in [5.41, 5.74) is 33.8. The minimum atomic E-state index is -0.322. The number of aryl methyl sites for hydroxylation is 8. The van der Waals surface area contributed by atoms with Crippen molar-refractivity contribution in [1.82, 2.24) is 40.5 Å². The second-order valence-corrected chi connectivity index (χ2v) is 33.1. The number of carbonyl (C=O) groups excluding carboxylic acids is 4. The van der Waals surface area contributed by atoms with Gasteiger partial charge in [0.2, 0.25) is 0 Å².